The van der Waals surface area contributed by atoms with Crippen LogP contribution in [0.25, 0.3) is 0 Å². The molecular formula is C12H16O3. The first kappa shape index (κ1) is 10.5. The molecule has 1 saturated heterocycles. The molecule has 2 rings (SSSR count). The summed E-state index contributed by atoms with van der Waals surface area (Å²) in [4.78, 5) is 0. The second kappa shape index (κ2) is 4.64. The lowest BCUT2D eigenvalue weighted by molar-refractivity contribution is -0.000786. The molecule has 0 aliphatic carbocycles. The molecule has 0 aromatic heterocycles. The summed E-state index contributed by atoms with van der Waals surface area (Å²) >= 11 is 0. The number of ether oxygens (including phenoxy) is 1. The first-order valence-electron chi connectivity index (χ1n) is 5.33. The molecule has 3 nitrogen and oxygen atoms in total. The minimum atomic E-state index is -0.464. The fraction of sp³-hybridized carbons (Fsp3) is 0.500. The first-order valence-corrected chi connectivity index (χ1v) is 5.33. The largest absolute Gasteiger partial charge is 0.508 e. The Morgan fingerprint density at radius 3 is 3.00 bits per heavy atom. The van der Waals surface area contributed by atoms with Crippen molar-refractivity contribution in [1.82, 2.24) is 0 Å². The highest BCUT2D eigenvalue weighted by Crippen LogP contribution is 2.20. The third-order valence-corrected chi connectivity index (χ3v) is 2.75. The number of benzene rings is 1. The summed E-state index contributed by atoms with van der Waals surface area (Å²) in [6.45, 7) is 0.752. The Kier molecular flexibility index (Phi) is 3.23. The predicted octanol–water partition coefficient (Wildman–Crippen LogP) is 1.47. The second-order valence-corrected chi connectivity index (χ2v) is 3.99. The maximum atomic E-state index is 9.89. The number of phenolic OH excluding ortho intramolecular Hbond substituents is 1. The zero-order valence-electron chi connectivity index (χ0n) is 8.60. The van der Waals surface area contributed by atoms with Crippen LogP contribution in [0.4, 0.5) is 0 Å². The number of hydrogen-bond donors (Lipinski definition) is 2. The Hall–Kier alpha value is -1.06. The van der Waals surface area contributed by atoms with Crippen molar-refractivity contribution in [1.29, 1.82) is 0 Å². The SMILES string of the molecule is Oc1cccc(CC(O)C2CCCO2)c1. The van der Waals surface area contributed by atoms with Crippen LogP contribution in [-0.2, 0) is 11.2 Å². The molecule has 1 aromatic carbocycles. The average Bonchev–Trinajstić information content (AvgIpc) is 2.70. The molecule has 1 aliphatic rings. The summed E-state index contributed by atoms with van der Waals surface area (Å²) < 4.78 is 5.40. The summed E-state index contributed by atoms with van der Waals surface area (Å²) in [7, 11) is 0. The molecule has 0 amide bonds. The highest BCUT2D eigenvalue weighted by atomic mass is 16.5. The minimum absolute atomic E-state index is 0.0349. The van der Waals surface area contributed by atoms with Crippen molar-refractivity contribution in [2.75, 3.05) is 6.61 Å². The van der Waals surface area contributed by atoms with Gasteiger partial charge in [0.2, 0.25) is 0 Å². The molecule has 2 N–H and O–H groups in total. The van der Waals surface area contributed by atoms with Gasteiger partial charge in [0.05, 0.1) is 12.2 Å². The molecule has 15 heavy (non-hydrogen) atoms. The van der Waals surface area contributed by atoms with Gasteiger partial charge in [0.1, 0.15) is 5.75 Å². The molecule has 0 bridgehead atoms. The van der Waals surface area contributed by atoms with Gasteiger partial charge in [0, 0.05) is 13.0 Å². The number of aliphatic hydroxyl groups excluding tert-OH is 1. The Bertz CT molecular complexity index is 318. The molecule has 2 atom stereocenters. The molecule has 1 aliphatic heterocycles. The Balaban J connectivity index is 1.95. The van der Waals surface area contributed by atoms with Crippen molar-refractivity contribution < 1.29 is 14.9 Å². The van der Waals surface area contributed by atoms with Gasteiger partial charge in [0.15, 0.2) is 0 Å². The zero-order valence-corrected chi connectivity index (χ0v) is 8.60. The third kappa shape index (κ3) is 2.70. The van der Waals surface area contributed by atoms with Gasteiger partial charge in [0.25, 0.3) is 0 Å². The van der Waals surface area contributed by atoms with E-state index in [0.717, 1.165) is 25.0 Å². The maximum Gasteiger partial charge on any atom is 0.115 e. The van der Waals surface area contributed by atoms with Gasteiger partial charge in [-0.3, -0.25) is 0 Å². The van der Waals surface area contributed by atoms with Crippen molar-refractivity contribution in [2.24, 2.45) is 0 Å². The van der Waals surface area contributed by atoms with Crippen molar-refractivity contribution in [2.45, 2.75) is 31.5 Å². The van der Waals surface area contributed by atoms with E-state index in [0.29, 0.717) is 6.42 Å². The topological polar surface area (TPSA) is 49.7 Å². The summed E-state index contributed by atoms with van der Waals surface area (Å²) in [5.41, 5.74) is 0.943. The molecule has 82 valence electrons. The fourth-order valence-corrected chi connectivity index (χ4v) is 1.96. The summed E-state index contributed by atoms with van der Waals surface area (Å²) in [6.07, 6.45) is 2.00. The molecule has 3 heteroatoms. The van der Waals surface area contributed by atoms with Gasteiger partial charge in [-0.25, -0.2) is 0 Å². The second-order valence-electron chi connectivity index (χ2n) is 3.99. The Morgan fingerprint density at radius 2 is 2.33 bits per heavy atom. The van der Waals surface area contributed by atoms with Crippen LogP contribution in [0.2, 0.25) is 0 Å². The lowest BCUT2D eigenvalue weighted by atomic mass is 10.0. The highest BCUT2D eigenvalue weighted by molar-refractivity contribution is 5.27. The molecular weight excluding hydrogens is 192 g/mol. The zero-order chi connectivity index (χ0) is 10.7. The molecule has 0 saturated carbocycles. The quantitative estimate of drug-likeness (QED) is 0.791. The maximum absolute atomic E-state index is 9.89. The Labute approximate surface area is 89.3 Å². The van der Waals surface area contributed by atoms with Gasteiger partial charge in [-0.2, -0.15) is 0 Å². The average molecular weight is 208 g/mol. The molecule has 0 radical (unpaired) electrons. The molecule has 1 aromatic rings. The molecule has 0 spiro atoms. The van der Waals surface area contributed by atoms with Crippen LogP contribution in [0.15, 0.2) is 24.3 Å². The number of hydrogen-bond acceptors (Lipinski definition) is 3. The van der Waals surface area contributed by atoms with Crippen LogP contribution in [0.5, 0.6) is 5.75 Å². The predicted molar refractivity (Wildman–Crippen MR) is 56.8 cm³/mol. The van der Waals surface area contributed by atoms with Gasteiger partial charge >= 0.3 is 0 Å². The van der Waals surface area contributed by atoms with Gasteiger partial charge in [-0.05, 0) is 30.5 Å². The number of rotatable bonds is 3. The monoisotopic (exact) mass is 208 g/mol. The van der Waals surface area contributed by atoms with Crippen molar-refractivity contribution in [3.63, 3.8) is 0 Å². The number of aliphatic hydroxyl groups is 1. The Morgan fingerprint density at radius 1 is 1.47 bits per heavy atom. The van der Waals surface area contributed by atoms with Crippen molar-refractivity contribution in [3.05, 3.63) is 29.8 Å². The van der Waals surface area contributed by atoms with E-state index in [-0.39, 0.29) is 11.9 Å². The molecule has 2 unspecified atom stereocenters. The van der Waals surface area contributed by atoms with E-state index in [2.05, 4.69) is 0 Å². The number of aromatic hydroxyl groups is 1. The fourth-order valence-electron chi connectivity index (χ4n) is 1.96. The van der Waals surface area contributed by atoms with Crippen LogP contribution in [0.1, 0.15) is 18.4 Å². The summed E-state index contributed by atoms with van der Waals surface area (Å²) in [6, 6.07) is 6.99. The third-order valence-electron chi connectivity index (χ3n) is 2.75. The lowest BCUT2D eigenvalue weighted by Crippen LogP contribution is -2.27. The van der Waals surface area contributed by atoms with E-state index in [1.807, 2.05) is 6.07 Å². The van der Waals surface area contributed by atoms with E-state index in [1.54, 1.807) is 18.2 Å². The number of phenols is 1. The van der Waals surface area contributed by atoms with E-state index in [4.69, 9.17) is 4.74 Å². The van der Waals surface area contributed by atoms with Crippen LogP contribution in [0.3, 0.4) is 0 Å². The van der Waals surface area contributed by atoms with Gasteiger partial charge in [-0.15, -0.1) is 0 Å². The van der Waals surface area contributed by atoms with E-state index < -0.39 is 6.10 Å². The van der Waals surface area contributed by atoms with Gasteiger partial charge in [-0.1, -0.05) is 12.1 Å². The van der Waals surface area contributed by atoms with Crippen LogP contribution >= 0.6 is 0 Å². The van der Waals surface area contributed by atoms with Crippen molar-refractivity contribution in [3.8, 4) is 5.75 Å². The normalized spacial score (nSPS) is 22.9. The smallest absolute Gasteiger partial charge is 0.115 e. The van der Waals surface area contributed by atoms with E-state index in [9.17, 15) is 10.2 Å². The highest BCUT2D eigenvalue weighted by Gasteiger charge is 2.23. The van der Waals surface area contributed by atoms with Crippen LogP contribution in [0, 0.1) is 0 Å². The van der Waals surface area contributed by atoms with Crippen LogP contribution < -0.4 is 0 Å². The van der Waals surface area contributed by atoms with E-state index in [1.165, 1.54) is 0 Å². The lowest BCUT2D eigenvalue weighted by Gasteiger charge is -2.17. The molecule has 1 heterocycles. The van der Waals surface area contributed by atoms with Crippen LogP contribution in [-0.4, -0.2) is 29.0 Å². The first-order chi connectivity index (χ1) is 7.25. The summed E-state index contributed by atoms with van der Waals surface area (Å²) in [5.74, 6) is 0.243. The standard InChI is InChI=1S/C12H16O3/c13-10-4-1-3-9(7-10)8-11(14)12-5-2-6-15-12/h1,3-4,7,11-14H,2,5-6,8H2. The van der Waals surface area contributed by atoms with Crippen molar-refractivity contribution >= 4 is 0 Å². The minimum Gasteiger partial charge on any atom is -0.508 e. The summed E-state index contributed by atoms with van der Waals surface area (Å²) in [5, 5.41) is 19.2. The van der Waals surface area contributed by atoms with Gasteiger partial charge < -0.3 is 14.9 Å². The molecule has 1 fully saturated rings. The van der Waals surface area contributed by atoms with E-state index >= 15 is 0 Å².